The van der Waals surface area contributed by atoms with Gasteiger partial charge in [-0.05, 0) is 25.1 Å². The highest BCUT2D eigenvalue weighted by Gasteiger charge is 2.10. The van der Waals surface area contributed by atoms with Crippen molar-refractivity contribution in [2.45, 2.75) is 6.92 Å². The van der Waals surface area contributed by atoms with Crippen LogP contribution >= 0.6 is 11.3 Å². The first kappa shape index (κ1) is 12.3. The Labute approximate surface area is 108 Å². The molecule has 0 saturated heterocycles. The average Bonchev–Trinajstić information content (AvgIpc) is 2.75. The first-order valence-electron chi connectivity index (χ1n) is 5.26. The molecule has 0 amide bonds. The number of thiophene rings is 1. The van der Waals surface area contributed by atoms with Crippen molar-refractivity contribution in [2.75, 3.05) is 5.43 Å². The topological polar surface area (TPSA) is 67.5 Å². The minimum absolute atomic E-state index is 0.0111. The van der Waals surface area contributed by atoms with Gasteiger partial charge in [0.25, 0.3) is 5.69 Å². The van der Waals surface area contributed by atoms with Gasteiger partial charge in [0.1, 0.15) is 5.69 Å². The summed E-state index contributed by atoms with van der Waals surface area (Å²) in [5.41, 5.74) is 3.08. The Morgan fingerprint density at radius 1 is 1.33 bits per heavy atom. The summed E-state index contributed by atoms with van der Waals surface area (Å²) < 4.78 is 0. The smallest absolute Gasteiger partial charge is 0.272 e. The van der Waals surface area contributed by atoms with E-state index in [4.69, 9.17) is 0 Å². The van der Waals surface area contributed by atoms with Crippen LogP contribution in [-0.4, -0.2) is 11.1 Å². The maximum absolute atomic E-state index is 10.8. The lowest BCUT2D eigenvalue weighted by atomic mass is 10.3. The third-order valence-electron chi connectivity index (χ3n) is 2.24. The number of para-hydroxylation sites is 2. The number of nitrogens with one attached hydrogen (secondary N) is 1. The van der Waals surface area contributed by atoms with Crippen molar-refractivity contribution in [2.24, 2.45) is 5.10 Å². The van der Waals surface area contributed by atoms with Crippen LogP contribution in [0.3, 0.4) is 0 Å². The molecule has 0 fully saturated rings. The zero-order valence-electron chi connectivity index (χ0n) is 9.66. The molecule has 1 heterocycles. The molecule has 5 nitrogen and oxygen atoms in total. The number of hydrogen-bond acceptors (Lipinski definition) is 5. The number of hydrogen-bond donors (Lipinski definition) is 1. The highest BCUT2D eigenvalue weighted by atomic mass is 32.1. The zero-order valence-corrected chi connectivity index (χ0v) is 10.5. The minimum Gasteiger partial charge on any atom is -0.272 e. The van der Waals surface area contributed by atoms with Crippen molar-refractivity contribution in [3.8, 4) is 0 Å². The molecule has 0 radical (unpaired) electrons. The Balaban J connectivity index is 2.11. The molecule has 0 aliphatic heterocycles. The molecule has 1 aromatic carbocycles. The third kappa shape index (κ3) is 2.92. The second-order valence-corrected chi connectivity index (χ2v) is 4.91. The third-order valence-corrected chi connectivity index (χ3v) is 3.17. The molecule has 18 heavy (non-hydrogen) atoms. The molecule has 0 unspecified atom stereocenters. The molecule has 0 saturated carbocycles. The summed E-state index contributed by atoms with van der Waals surface area (Å²) in [5, 5.41) is 14.8. The first-order valence-corrected chi connectivity index (χ1v) is 6.07. The largest absolute Gasteiger partial charge is 0.294 e. The van der Waals surface area contributed by atoms with E-state index in [1.807, 2.05) is 19.1 Å². The summed E-state index contributed by atoms with van der Waals surface area (Å²) in [4.78, 5) is 12.5. The fraction of sp³-hybridized carbons (Fsp3) is 0.0833. The lowest BCUT2D eigenvalue weighted by Gasteiger charge is -2.00. The van der Waals surface area contributed by atoms with Crippen LogP contribution in [0, 0.1) is 17.0 Å². The van der Waals surface area contributed by atoms with E-state index in [2.05, 4.69) is 10.5 Å². The van der Waals surface area contributed by atoms with Gasteiger partial charge >= 0.3 is 0 Å². The number of nitrogens with zero attached hydrogens (tertiary/aromatic N) is 2. The lowest BCUT2D eigenvalue weighted by molar-refractivity contribution is -0.384. The number of rotatable bonds is 4. The quantitative estimate of drug-likeness (QED) is 0.521. The maximum Gasteiger partial charge on any atom is 0.294 e. The van der Waals surface area contributed by atoms with Crippen LogP contribution in [0.25, 0.3) is 0 Å². The molecule has 0 aliphatic carbocycles. The highest BCUT2D eigenvalue weighted by Crippen LogP contribution is 2.23. The van der Waals surface area contributed by atoms with Crippen molar-refractivity contribution in [3.05, 3.63) is 56.3 Å². The summed E-state index contributed by atoms with van der Waals surface area (Å²) in [5.74, 6) is 0. The number of nitro groups is 1. The number of hydrazone groups is 1. The van der Waals surface area contributed by atoms with Gasteiger partial charge in [-0.15, -0.1) is 11.3 Å². The summed E-state index contributed by atoms with van der Waals surface area (Å²) in [6.07, 6.45) is 1.65. The Hall–Kier alpha value is -2.21. The zero-order chi connectivity index (χ0) is 13.0. The van der Waals surface area contributed by atoms with Gasteiger partial charge in [-0.25, -0.2) is 0 Å². The molecule has 0 atom stereocenters. The van der Waals surface area contributed by atoms with Crippen LogP contribution in [0.4, 0.5) is 11.4 Å². The maximum atomic E-state index is 10.8. The second kappa shape index (κ2) is 5.42. The van der Waals surface area contributed by atoms with E-state index in [9.17, 15) is 10.1 Å². The molecule has 1 N–H and O–H groups in total. The molecule has 0 bridgehead atoms. The molecule has 6 heteroatoms. The molecular weight excluding hydrogens is 250 g/mol. The predicted molar refractivity (Wildman–Crippen MR) is 73.4 cm³/mol. The monoisotopic (exact) mass is 261 g/mol. The van der Waals surface area contributed by atoms with Gasteiger partial charge in [0.05, 0.1) is 11.1 Å². The molecule has 92 valence electrons. The van der Waals surface area contributed by atoms with Crippen molar-refractivity contribution in [3.63, 3.8) is 0 Å². The van der Waals surface area contributed by atoms with E-state index in [1.54, 1.807) is 35.8 Å². The van der Waals surface area contributed by atoms with Crippen LogP contribution in [0.15, 0.2) is 41.5 Å². The van der Waals surface area contributed by atoms with Gasteiger partial charge in [0.15, 0.2) is 0 Å². The number of anilines is 1. The Morgan fingerprint density at radius 2 is 2.11 bits per heavy atom. The van der Waals surface area contributed by atoms with Crippen LogP contribution in [0.2, 0.25) is 0 Å². The number of aryl methyl sites for hydroxylation is 1. The normalized spacial score (nSPS) is 10.7. The SMILES string of the molecule is Cc1ccc(C=NNc2ccccc2[N+](=O)[O-])s1. The van der Waals surface area contributed by atoms with E-state index in [-0.39, 0.29) is 5.69 Å². The van der Waals surface area contributed by atoms with E-state index in [0.717, 1.165) is 4.88 Å². The minimum atomic E-state index is -0.437. The van der Waals surface area contributed by atoms with Gasteiger partial charge in [0.2, 0.25) is 0 Å². The van der Waals surface area contributed by atoms with Gasteiger partial charge in [-0.3, -0.25) is 15.5 Å². The summed E-state index contributed by atoms with van der Waals surface area (Å²) in [7, 11) is 0. The Bertz CT molecular complexity index is 593. The summed E-state index contributed by atoms with van der Waals surface area (Å²) >= 11 is 1.61. The molecule has 2 rings (SSSR count). The van der Waals surface area contributed by atoms with Gasteiger partial charge in [-0.1, -0.05) is 12.1 Å². The van der Waals surface area contributed by atoms with E-state index in [0.29, 0.717) is 5.69 Å². The fourth-order valence-electron chi connectivity index (χ4n) is 1.42. The standard InChI is InChI=1S/C12H11N3O2S/c1-9-6-7-10(18-9)8-13-14-11-4-2-3-5-12(11)15(16)17/h2-8,14H,1H3. The molecule has 2 aromatic rings. The average molecular weight is 261 g/mol. The first-order chi connectivity index (χ1) is 8.66. The van der Waals surface area contributed by atoms with Gasteiger partial charge < -0.3 is 0 Å². The van der Waals surface area contributed by atoms with E-state index < -0.39 is 4.92 Å². The van der Waals surface area contributed by atoms with Crippen molar-refractivity contribution < 1.29 is 4.92 Å². The summed E-state index contributed by atoms with van der Waals surface area (Å²) in [6, 6.07) is 10.3. The highest BCUT2D eigenvalue weighted by molar-refractivity contribution is 7.13. The second-order valence-electron chi connectivity index (χ2n) is 3.59. The number of nitro benzene ring substituents is 1. The molecular formula is C12H11N3O2S. The van der Waals surface area contributed by atoms with Crippen LogP contribution in [0.5, 0.6) is 0 Å². The van der Waals surface area contributed by atoms with E-state index in [1.165, 1.54) is 10.9 Å². The van der Waals surface area contributed by atoms with Crippen molar-refractivity contribution in [1.82, 2.24) is 0 Å². The van der Waals surface area contributed by atoms with Gasteiger partial charge in [-0.2, -0.15) is 5.10 Å². The van der Waals surface area contributed by atoms with E-state index >= 15 is 0 Å². The van der Waals surface area contributed by atoms with Crippen LogP contribution in [-0.2, 0) is 0 Å². The lowest BCUT2D eigenvalue weighted by Crippen LogP contribution is -1.96. The number of benzene rings is 1. The predicted octanol–water partition coefficient (Wildman–Crippen LogP) is 3.41. The van der Waals surface area contributed by atoms with Crippen LogP contribution < -0.4 is 5.43 Å². The fourth-order valence-corrected chi connectivity index (χ4v) is 2.16. The van der Waals surface area contributed by atoms with Crippen molar-refractivity contribution >= 4 is 28.9 Å². The Kier molecular flexibility index (Phi) is 3.69. The summed E-state index contributed by atoms with van der Waals surface area (Å²) in [6.45, 7) is 2.01. The molecule has 0 spiro atoms. The Morgan fingerprint density at radius 3 is 2.78 bits per heavy atom. The van der Waals surface area contributed by atoms with Crippen molar-refractivity contribution in [1.29, 1.82) is 0 Å². The van der Waals surface area contributed by atoms with Gasteiger partial charge in [0, 0.05) is 15.8 Å². The molecule has 0 aliphatic rings. The van der Waals surface area contributed by atoms with Crippen LogP contribution in [0.1, 0.15) is 9.75 Å². The molecule has 1 aromatic heterocycles.